The average Bonchev–Trinajstić information content (AvgIpc) is 3.30. The molecule has 0 amide bonds. The van der Waals surface area contributed by atoms with Crippen LogP contribution in [0, 0.1) is 12.4 Å². The third-order valence-corrected chi connectivity index (χ3v) is 7.47. The van der Waals surface area contributed by atoms with E-state index < -0.39 is 5.82 Å². The Bertz CT molecular complexity index is 1640. The number of ether oxygens (including phenoxy) is 2. The van der Waals surface area contributed by atoms with Crippen molar-refractivity contribution in [1.29, 1.82) is 0 Å². The quantitative estimate of drug-likeness (QED) is 0.210. The fourth-order valence-corrected chi connectivity index (χ4v) is 5.08. The third-order valence-electron chi connectivity index (χ3n) is 7.47. The molecule has 0 radical (unpaired) electrons. The highest BCUT2D eigenvalue weighted by atomic mass is 19.1. The van der Waals surface area contributed by atoms with Crippen molar-refractivity contribution < 1.29 is 24.3 Å². The van der Waals surface area contributed by atoms with Crippen molar-refractivity contribution in [2.75, 3.05) is 24.9 Å². The number of hydrogen-bond acceptors (Lipinski definition) is 8. The van der Waals surface area contributed by atoms with Crippen molar-refractivity contribution in [1.82, 2.24) is 19.4 Å². The molecule has 4 aromatic rings. The lowest BCUT2D eigenvalue weighted by Gasteiger charge is -2.29. The second-order valence-corrected chi connectivity index (χ2v) is 10.1. The lowest BCUT2D eigenvalue weighted by molar-refractivity contribution is -0.0591. The molecule has 2 aliphatic heterocycles. The SMILES string of the molecule is [C-]#[N+]c1ccc(COc2cccc(C3=CCN(Cc4nc5ccc(N(O)O)cc5n4C[C@@H]4CCO4)CC3)n2)c(F)c1. The number of imidazole rings is 1. The molecule has 0 unspecified atom stereocenters. The Hall–Kier alpha value is -4.34. The molecular formula is C30H29FN6O4. The summed E-state index contributed by atoms with van der Waals surface area (Å²) < 4.78 is 27.8. The summed E-state index contributed by atoms with van der Waals surface area (Å²) in [5, 5.41) is 19.1. The molecule has 0 spiro atoms. The van der Waals surface area contributed by atoms with Crippen LogP contribution < -0.4 is 9.96 Å². The van der Waals surface area contributed by atoms with Crippen LogP contribution in [-0.4, -0.2) is 55.6 Å². The number of fused-ring (bicyclic) bond motifs is 1. The average molecular weight is 557 g/mol. The summed E-state index contributed by atoms with van der Waals surface area (Å²) in [5.74, 6) is 0.843. The van der Waals surface area contributed by atoms with Crippen LogP contribution in [0.25, 0.3) is 21.5 Å². The van der Waals surface area contributed by atoms with Crippen LogP contribution in [0.5, 0.6) is 5.88 Å². The van der Waals surface area contributed by atoms with Crippen LogP contribution in [-0.2, 0) is 24.4 Å². The van der Waals surface area contributed by atoms with Gasteiger partial charge in [0.25, 0.3) is 0 Å². The van der Waals surface area contributed by atoms with E-state index >= 15 is 0 Å². The lowest BCUT2D eigenvalue weighted by atomic mass is 10.0. The number of nitrogens with zero attached hydrogens (tertiary/aromatic N) is 6. The van der Waals surface area contributed by atoms with Gasteiger partial charge in [0.1, 0.15) is 18.2 Å². The minimum Gasteiger partial charge on any atom is -0.473 e. The van der Waals surface area contributed by atoms with Crippen molar-refractivity contribution in [3.8, 4) is 5.88 Å². The second kappa shape index (κ2) is 11.6. The molecule has 210 valence electrons. The monoisotopic (exact) mass is 556 g/mol. The normalized spacial score (nSPS) is 17.1. The molecule has 11 heteroatoms. The molecule has 1 atom stereocenters. The van der Waals surface area contributed by atoms with Crippen LogP contribution in [0.2, 0.25) is 0 Å². The Morgan fingerprint density at radius 3 is 2.73 bits per heavy atom. The van der Waals surface area contributed by atoms with Crippen molar-refractivity contribution in [2.45, 2.75) is 38.6 Å². The first kappa shape index (κ1) is 26.9. The lowest BCUT2D eigenvalue weighted by Crippen LogP contribution is -2.33. The summed E-state index contributed by atoms with van der Waals surface area (Å²) in [7, 11) is 0. The van der Waals surface area contributed by atoms with Crippen molar-refractivity contribution in [3.63, 3.8) is 0 Å². The number of halogens is 1. The van der Waals surface area contributed by atoms with E-state index in [2.05, 4.69) is 25.4 Å². The minimum absolute atomic E-state index is 0.0242. The van der Waals surface area contributed by atoms with Gasteiger partial charge in [0.05, 0.1) is 48.2 Å². The van der Waals surface area contributed by atoms with E-state index in [1.54, 1.807) is 36.4 Å². The number of anilines is 1. The van der Waals surface area contributed by atoms with E-state index in [0.29, 0.717) is 24.5 Å². The molecule has 0 aliphatic carbocycles. The standard InChI is InChI=1S/C30H29FN6O4/c1-32-22-6-5-21(25(31)15-22)19-41-30-4-2-3-26(34-30)20-9-12-35(13-10-20)18-29-33-27-8-7-23(37(38)39)16-28(27)36(29)17-24-11-14-40-24/h2-9,15-16,24,38-39H,10-14,17-19H2/t24-/m0/s1. The zero-order valence-electron chi connectivity index (χ0n) is 22.3. The molecule has 0 bridgehead atoms. The van der Waals surface area contributed by atoms with E-state index in [1.165, 1.54) is 6.07 Å². The van der Waals surface area contributed by atoms with Crippen LogP contribution in [0.4, 0.5) is 15.8 Å². The molecule has 0 saturated carbocycles. The van der Waals surface area contributed by atoms with Crippen molar-refractivity contribution in [2.24, 2.45) is 0 Å². The molecule has 2 aromatic carbocycles. The Labute approximate surface area is 236 Å². The second-order valence-electron chi connectivity index (χ2n) is 10.1. The van der Waals surface area contributed by atoms with Gasteiger partial charge >= 0.3 is 0 Å². The van der Waals surface area contributed by atoms with Gasteiger partial charge in [-0.25, -0.2) is 19.2 Å². The summed E-state index contributed by atoms with van der Waals surface area (Å²) in [6.07, 6.45) is 4.06. The predicted octanol–water partition coefficient (Wildman–Crippen LogP) is 5.36. The molecule has 4 heterocycles. The maximum absolute atomic E-state index is 14.2. The number of benzene rings is 2. The number of rotatable bonds is 9. The van der Waals surface area contributed by atoms with Gasteiger partial charge in [-0.2, -0.15) is 0 Å². The van der Waals surface area contributed by atoms with E-state index in [1.807, 2.05) is 12.1 Å². The Morgan fingerprint density at radius 1 is 1.15 bits per heavy atom. The molecule has 2 N–H and O–H groups in total. The minimum atomic E-state index is -0.470. The first-order chi connectivity index (χ1) is 20.0. The summed E-state index contributed by atoms with van der Waals surface area (Å²) in [6.45, 7) is 10.6. The summed E-state index contributed by atoms with van der Waals surface area (Å²) in [5.41, 5.74) is 4.46. The van der Waals surface area contributed by atoms with E-state index in [4.69, 9.17) is 21.0 Å². The van der Waals surface area contributed by atoms with Crippen LogP contribution in [0.3, 0.4) is 0 Å². The van der Waals surface area contributed by atoms with Gasteiger partial charge in [-0.15, -0.1) is 5.23 Å². The predicted molar refractivity (Wildman–Crippen MR) is 149 cm³/mol. The Balaban J connectivity index is 1.14. The third kappa shape index (κ3) is 5.91. The molecule has 41 heavy (non-hydrogen) atoms. The molecular weight excluding hydrogens is 527 g/mol. The maximum atomic E-state index is 14.2. The highest BCUT2D eigenvalue weighted by Crippen LogP contribution is 2.28. The Kier molecular flexibility index (Phi) is 7.63. The van der Waals surface area contributed by atoms with Crippen LogP contribution in [0.15, 0.2) is 60.7 Å². The summed E-state index contributed by atoms with van der Waals surface area (Å²) in [4.78, 5) is 15.1. The first-order valence-corrected chi connectivity index (χ1v) is 13.4. The van der Waals surface area contributed by atoms with E-state index in [9.17, 15) is 14.8 Å². The number of pyridine rings is 1. The molecule has 2 aromatic heterocycles. The molecule has 6 rings (SSSR count). The smallest absolute Gasteiger partial charge is 0.214 e. The largest absolute Gasteiger partial charge is 0.473 e. The maximum Gasteiger partial charge on any atom is 0.214 e. The van der Waals surface area contributed by atoms with Gasteiger partial charge in [0.15, 0.2) is 5.69 Å². The summed E-state index contributed by atoms with van der Waals surface area (Å²) >= 11 is 0. The van der Waals surface area contributed by atoms with Gasteiger partial charge in [-0.05, 0) is 48.7 Å². The fraction of sp³-hybridized carbons (Fsp3) is 0.300. The van der Waals surface area contributed by atoms with Crippen LogP contribution in [0.1, 0.15) is 29.9 Å². The zero-order valence-corrected chi connectivity index (χ0v) is 22.3. The van der Waals surface area contributed by atoms with Crippen molar-refractivity contribution in [3.05, 3.63) is 95.0 Å². The highest BCUT2D eigenvalue weighted by molar-refractivity contribution is 5.80. The van der Waals surface area contributed by atoms with Gasteiger partial charge < -0.3 is 14.0 Å². The van der Waals surface area contributed by atoms with Crippen LogP contribution >= 0.6 is 0 Å². The van der Waals surface area contributed by atoms with Gasteiger partial charge in [-0.1, -0.05) is 24.3 Å². The molecule has 1 saturated heterocycles. The van der Waals surface area contributed by atoms with Gasteiger partial charge in [0.2, 0.25) is 5.88 Å². The van der Waals surface area contributed by atoms with E-state index in [-0.39, 0.29) is 29.3 Å². The number of aromatic nitrogens is 3. The summed E-state index contributed by atoms with van der Waals surface area (Å²) in [6, 6.07) is 15.0. The topological polar surface area (TPSA) is 100 Å². The fourth-order valence-electron chi connectivity index (χ4n) is 5.08. The molecule has 10 nitrogen and oxygen atoms in total. The van der Waals surface area contributed by atoms with Gasteiger partial charge in [0, 0.05) is 31.3 Å². The highest BCUT2D eigenvalue weighted by Gasteiger charge is 2.24. The molecule has 1 fully saturated rings. The van der Waals surface area contributed by atoms with Crippen molar-refractivity contribution >= 4 is 28.0 Å². The number of hydrogen-bond donors (Lipinski definition) is 2. The van der Waals surface area contributed by atoms with Gasteiger partial charge in [-0.3, -0.25) is 15.3 Å². The Morgan fingerprint density at radius 2 is 2.02 bits per heavy atom. The zero-order chi connectivity index (χ0) is 28.3. The molecule has 2 aliphatic rings. The first-order valence-electron chi connectivity index (χ1n) is 13.4. The van der Waals surface area contributed by atoms with E-state index in [0.717, 1.165) is 60.7 Å².